The molecule has 0 radical (unpaired) electrons. The fourth-order valence-corrected chi connectivity index (χ4v) is 2.33. The van der Waals surface area contributed by atoms with Crippen molar-refractivity contribution in [2.45, 2.75) is 50.4 Å². The standard InChI is InChI=1S/C11H19NO3/c1-12-7-6-10(11(12)14)15-9-4-2-8(13)3-5-9/h8-10,13H,2-7H2,1H3. The van der Waals surface area contributed by atoms with Crippen molar-refractivity contribution in [3.05, 3.63) is 0 Å². The Balaban J connectivity index is 1.80. The van der Waals surface area contributed by atoms with E-state index in [-0.39, 0.29) is 24.2 Å². The third kappa shape index (κ3) is 2.49. The lowest BCUT2D eigenvalue weighted by atomic mass is 9.95. The molecule has 2 aliphatic rings. The Labute approximate surface area is 90.2 Å². The predicted octanol–water partition coefficient (Wildman–Crippen LogP) is 0.537. The fourth-order valence-electron chi connectivity index (χ4n) is 2.33. The second kappa shape index (κ2) is 4.49. The van der Waals surface area contributed by atoms with Crippen LogP contribution in [0, 0.1) is 0 Å². The second-order valence-electron chi connectivity index (χ2n) is 4.60. The number of likely N-dealkylation sites (N-methyl/N-ethyl adjacent to an activating group) is 1. The summed E-state index contributed by atoms with van der Waals surface area (Å²) in [7, 11) is 1.82. The highest BCUT2D eigenvalue weighted by atomic mass is 16.5. The number of carbonyl (C=O) groups is 1. The number of aliphatic hydroxyl groups is 1. The second-order valence-corrected chi connectivity index (χ2v) is 4.60. The molecule has 4 heteroatoms. The summed E-state index contributed by atoms with van der Waals surface area (Å²) in [6.45, 7) is 0.804. The minimum Gasteiger partial charge on any atom is -0.393 e. The van der Waals surface area contributed by atoms with Gasteiger partial charge in [-0.25, -0.2) is 0 Å². The van der Waals surface area contributed by atoms with Gasteiger partial charge in [0.2, 0.25) is 0 Å². The summed E-state index contributed by atoms with van der Waals surface area (Å²) < 4.78 is 5.78. The largest absolute Gasteiger partial charge is 0.393 e. The number of hydrogen-bond donors (Lipinski definition) is 1. The lowest BCUT2D eigenvalue weighted by Crippen LogP contribution is -2.33. The Kier molecular flexibility index (Phi) is 3.26. The molecule has 1 aliphatic carbocycles. The zero-order chi connectivity index (χ0) is 10.8. The summed E-state index contributed by atoms with van der Waals surface area (Å²) >= 11 is 0. The fraction of sp³-hybridized carbons (Fsp3) is 0.909. The van der Waals surface area contributed by atoms with Gasteiger partial charge in [-0.2, -0.15) is 0 Å². The van der Waals surface area contributed by atoms with Crippen molar-refractivity contribution in [3.63, 3.8) is 0 Å². The van der Waals surface area contributed by atoms with Crippen molar-refractivity contribution in [2.24, 2.45) is 0 Å². The van der Waals surface area contributed by atoms with E-state index in [9.17, 15) is 9.90 Å². The first-order valence-electron chi connectivity index (χ1n) is 5.75. The first kappa shape index (κ1) is 10.9. The van der Waals surface area contributed by atoms with E-state index in [1.165, 1.54) is 0 Å². The van der Waals surface area contributed by atoms with E-state index in [2.05, 4.69) is 0 Å². The van der Waals surface area contributed by atoms with Gasteiger partial charge >= 0.3 is 0 Å². The van der Waals surface area contributed by atoms with Crippen LogP contribution in [0.5, 0.6) is 0 Å². The Bertz CT molecular complexity index is 236. The topological polar surface area (TPSA) is 49.8 Å². The summed E-state index contributed by atoms with van der Waals surface area (Å²) in [4.78, 5) is 13.3. The molecule has 15 heavy (non-hydrogen) atoms. The van der Waals surface area contributed by atoms with Crippen molar-refractivity contribution < 1.29 is 14.6 Å². The van der Waals surface area contributed by atoms with Gasteiger partial charge in [0.15, 0.2) is 0 Å². The van der Waals surface area contributed by atoms with E-state index in [4.69, 9.17) is 4.74 Å². The van der Waals surface area contributed by atoms with E-state index < -0.39 is 0 Å². The van der Waals surface area contributed by atoms with Gasteiger partial charge in [0.1, 0.15) is 6.10 Å². The molecule has 2 rings (SSSR count). The minimum atomic E-state index is -0.227. The first-order chi connectivity index (χ1) is 7.16. The van der Waals surface area contributed by atoms with Gasteiger partial charge in [0.05, 0.1) is 12.2 Å². The maximum absolute atomic E-state index is 11.6. The van der Waals surface area contributed by atoms with E-state index >= 15 is 0 Å². The molecule has 0 aromatic heterocycles. The van der Waals surface area contributed by atoms with E-state index in [0.717, 1.165) is 38.6 Å². The monoisotopic (exact) mass is 213 g/mol. The van der Waals surface area contributed by atoms with Crippen LogP contribution in [0.3, 0.4) is 0 Å². The van der Waals surface area contributed by atoms with Gasteiger partial charge in [-0.1, -0.05) is 0 Å². The zero-order valence-electron chi connectivity index (χ0n) is 9.19. The molecule has 0 bridgehead atoms. The molecular formula is C11H19NO3. The van der Waals surface area contributed by atoms with Crippen molar-refractivity contribution >= 4 is 5.91 Å². The molecule has 0 aromatic rings. The molecule has 1 saturated carbocycles. The van der Waals surface area contributed by atoms with Gasteiger partial charge in [0, 0.05) is 20.0 Å². The van der Waals surface area contributed by atoms with Crippen LogP contribution in [-0.4, -0.2) is 47.8 Å². The van der Waals surface area contributed by atoms with Crippen LogP contribution in [0.2, 0.25) is 0 Å². The summed E-state index contributed by atoms with van der Waals surface area (Å²) in [6.07, 6.45) is 3.98. The average Bonchev–Trinajstić information content (AvgIpc) is 2.53. The molecule has 1 aliphatic heterocycles. The molecule has 1 saturated heterocycles. The summed E-state index contributed by atoms with van der Waals surface area (Å²) in [5, 5.41) is 9.35. The van der Waals surface area contributed by atoms with Crippen LogP contribution >= 0.6 is 0 Å². The Morgan fingerprint density at radius 1 is 1.27 bits per heavy atom. The molecular weight excluding hydrogens is 194 g/mol. The van der Waals surface area contributed by atoms with Crippen molar-refractivity contribution in [3.8, 4) is 0 Å². The molecule has 2 fully saturated rings. The van der Waals surface area contributed by atoms with E-state index in [1.54, 1.807) is 4.90 Å². The summed E-state index contributed by atoms with van der Waals surface area (Å²) in [5.74, 6) is 0.112. The maximum Gasteiger partial charge on any atom is 0.251 e. The van der Waals surface area contributed by atoms with E-state index in [0.29, 0.717) is 0 Å². The van der Waals surface area contributed by atoms with Crippen LogP contribution < -0.4 is 0 Å². The van der Waals surface area contributed by atoms with Crippen molar-refractivity contribution in [1.82, 2.24) is 4.90 Å². The third-order valence-corrected chi connectivity index (χ3v) is 3.38. The molecule has 1 heterocycles. The molecule has 4 nitrogen and oxygen atoms in total. The van der Waals surface area contributed by atoms with Crippen LogP contribution in [0.1, 0.15) is 32.1 Å². The number of nitrogens with zero attached hydrogens (tertiary/aromatic N) is 1. The number of ether oxygens (including phenoxy) is 1. The molecule has 1 N–H and O–H groups in total. The SMILES string of the molecule is CN1CCC(OC2CCC(O)CC2)C1=O. The molecule has 1 unspecified atom stereocenters. The predicted molar refractivity (Wildman–Crippen MR) is 55.4 cm³/mol. The van der Waals surface area contributed by atoms with Gasteiger partial charge < -0.3 is 14.7 Å². The third-order valence-electron chi connectivity index (χ3n) is 3.38. The van der Waals surface area contributed by atoms with Gasteiger partial charge in [-0.05, 0) is 25.7 Å². The minimum absolute atomic E-state index is 0.112. The van der Waals surface area contributed by atoms with Gasteiger partial charge in [-0.15, -0.1) is 0 Å². The number of aliphatic hydroxyl groups excluding tert-OH is 1. The maximum atomic E-state index is 11.6. The quantitative estimate of drug-likeness (QED) is 0.728. The van der Waals surface area contributed by atoms with Crippen molar-refractivity contribution in [1.29, 1.82) is 0 Å². The van der Waals surface area contributed by atoms with Crippen LogP contribution in [0.25, 0.3) is 0 Å². The highest BCUT2D eigenvalue weighted by molar-refractivity contribution is 5.82. The Morgan fingerprint density at radius 3 is 2.47 bits per heavy atom. The first-order valence-corrected chi connectivity index (χ1v) is 5.75. The number of hydrogen-bond acceptors (Lipinski definition) is 3. The Hall–Kier alpha value is -0.610. The lowest BCUT2D eigenvalue weighted by Gasteiger charge is -2.27. The van der Waals surface area contributed by atoms with Crippen LogP contribution in [0.15, 0.2) is 0 Å². The van der Waals surface area contributed by atoms with Gasteiger partial charge in [0.25, 0.3) is 5.91 Å². The van der Waals surface area contributed by atoms with Crippen molar-refractivity contribution in [2.75, 3.05) is 13.6 Å². The normalized spacial score (nSPS) is 37.3. The average molecular weight is 213 g/mol. The highest BCUT2D eigenvalue weighted by Gasteiger charge is 2.32. The number of rotatable bonds is 2. The molecule has 1 atom stereocenters. The molecule has 1 amide bonds. The van der Waals surface area contributed by atoms with Crippen LogP contribution in [-0.2, 0) is 9.53 Å². The number of carbonyl (C=O) groups excluding carboxylic acids is 1. The van der Waals surface area contributed by atoms with Gasteiger partial charge in [-0.3, -0.25) is 4.79 Å². The molecule has 0 aromatic carbocycles. The smallest absolute Gasteiger partial charge is 0.251 e. The van der Waals surface area contributed by atoms with E-state index in [1.807, 2.05) is 7.05 Å². The zero-order valence-corrected chi connectivity index (χ0v) is 9.19. The number of likely N-dealkylation sites (tertiary alicyclic amines) is 1. The highest BCUT2D eigenvalue weighted by Crippen LogP contribution is 2.24. The molecule has 86 valence electrons. The lowest BCUT2D eigenvalue weighted by molar-refractivity contribution is -0.141. The summed E-state index contributed by atoms with van der Waals surface area (Å²) in [5.41, 5.74) is 0. The van der Waals surface area contributed by atoms with Crippen LogP contribution in [0.4, 0.5) is 0 Å². The Morgan fingerprint density at radius 2 is 1.93 bits per heavy atom. The molecule has 0 spiro atoms. The summed E-state index contributed by atoms with van der Waals surface area (Å²) in [6, 6.07) is 0. The number of amides is 1.